The van der Waals surface area contributed by atoms with Gasteiger partial charge in [-0.05, 0) is 35.5 Å². The molecule has 0 aliphatic heterocycles. The van der Waals surface area contributed by atoms with Crippen LogP contribution in [0.1, 0.15) is 17.3 Å². The molecule has 3 aromatic rings. The third-order valence-corrected chi connectivity index (χ3v) is 4.01. The first-order valence-corrected chi connectivity index (χ1v) is 7.41. The summed E-state index contributed by atoms with van der Waals surface area (Å²) in [5.41, 5.74) is 1.90. The number of halogens is 2. The van der Waals surface area contributed by atoms with Crippen LogP contribution in [-0.4, -0.2) is 12.0 Å². The molecule has 0 amide bonds. The SMILES string of the molecule is CNC(c1ccc2ccccc2c1)c1ncc(Cl)cc1Cl. The molecule has 0 radical (unpaired) electrons. The number of pyridine rings is 1. The van der Waals surface area contributed by atoms with Crippen LogP contribution >= 0.6 is 23.2 Å². The second kappa shape index (κ2) is 6.02. The van der Waals surface area contributed by atoms with Crippen molar-refractivity contribution in [1.29, 1.82) is 0 Å². The average molecular weight is 317 g/mol. The van der Waals surface area contributed by atoms with Gasteiger partial charge >= 0.3 is 0 Å². The second-order valence-corrected chi connectivity index (χ2v) is 5.69. The molecule has 1 atom stereocenters. The van der Waals surface area contributed by atoms with Crippen LogP contribution < -0.4 is 5.32 Å². The first kappa shape index (κ1) is 14.3. The Morgan fingerprint density at radius 3 is 2.48 bits per heavy atom. The van der Waals surface area contributed by atoms with Gasteiger partial charge in [-0.1, -0.05) is 59.6 Å². The number of hydrogen-bond acceptors (Lipinski definition) is 2. The highest BCUT2D eigenvalue weighted by atomic mass is 35.5. The Balaban J connectivity index is 2.09. The van der Waals surface area contributed by atoms with Gasteiger partial charge in [0.1, 0.15) is 0 Å². The van der Waals surface area contributed by atoms with Gasteiger partial charge in [-0.25, -0.2) is 0 Å². The number of benzene rings is 2. The number of rotatable bonds is 3. The van der Waals surface area contributed by atoms with E-state index in [1.54, 1.807) is 12.3 Å². The minimum absolute atomic E-state index is 0.0700. The van der Waals surface area contributed by atoms with E-state index >= 15 is 0 Å². The summed E-state index contributed by atoms with van der Waals surface area (Å²) in [5, 5.41) is 6.78. The van der Waals surface area contributed by atoms with Crippen LogP contribution in [0, 0.1) is 0 Å². The monoisotopic (exact) mass is 316 g/mol. The Labute approximate surface area is 133 Å². The standard InChI is InChI=1S/C17H14Cl2N2/c1-20-16(17-15(19)9-14(18)10-21-17)13-7-6-11-4-2-3-5-12(11)8-13/h2-10,16,20H,1H3. The molecule has 1 unspecified atom stereocenters. The molecule has 1 aromatic heterocycles. The van der Waals surface area contributed by atoms with Crippen molar-refractivity contribution in [2.24, 2.45) is 0 Å². The van der Waals surface area contributed by atoms with E-state index in [0.29, 0.717) is 10.0 Å². The highest BCUT2D eigenvalue weighted by molar-refractivity contribution is 6.34. The first-order valence-electron chi connectivity index (χ1n) is 6.66. The van der Waals surface area contributed by atoms with Gasteiger partial charge in [-0.3, -0.25) is 4.98 Å². The third-order valence-electron chi connectivity index (χ3n) is 3.51. The summed E-state index contributed by atoms with van der Waals surface area (Å²) in [6.07, 6.45) is 1.62. The normalized spacial score (nSPS) is 12.5. The van der Waals surface area contributed by atoms with Crippen molar-refractivity contribution in [3.05, 3.63) is 76.0 Å². The third kappa shape index (κ3) is 2.88. The van der Waals surface area contributed by atoms with Crippen LogP contribution in [0.3, 0.4) is 0 Å². The second-order valence-electron chi connectivity index (χ2n) is 4.85. The topological polar surface area (TPSA) is 24.9 Å². The lowest BCUT2D eigenvalue weighted by Crippen LogP contribution is -2.19. The van der Waals surface area contributed by atoms with Gasteiger partial charge in [-0.15, -0.1) is 0 Å². The van der Waals surface area contributed by atoms with E-state index in [-0.39, 0.29) is 6.04 Å². The Bertz CT molecular complexity index is 787. The number of nitrogens with one attached hydrogen (secondary N) is 1. The van der Waals surface area contributed by atoms with Gasteiger partial charge in [0.25, 0.3) is 0 Å². The van der Waals surface area contributed by atoms with E-state index in [2.05, 4.69) is 40.6 Å². The Morgan fingerprint density at radius 2 is 1.76 bits per heavy atom. The molecule has 1 heterocycles. The minimum atomic E-state index is -0.0700. The molecule has 2 nitrogen and oxygen atoms in total. The van der Waals surface area contributed by atoms with Gasteiger partial charge in [0.2, 0.25) is 0 Å². The molecular formula is C17H14Cl2N2. The van der Waals surface area contributed by atoms with E-state index in [0.717, 1.165) is 11.3 Å². The lowest BCUT2D eigenvalue weighted by molar-refractivity contribution is 0.672. The minimum Gasteiger partial charge on any atom is -0.308 e. The number of nitrogens with zero attached hydrogens (tertiary/aromatic N) is 1. The van der Waals surface area contributed by atoms with Crippen molar-refractivity contribution in [3.63, 3.8) is 0 Å². The van der Waals surface area contributed by atoms with Gasteiger partial charge in [0.15, 0.2) is 0 Å². The molecule has 21 heavy (non-hydrogen) atoms. The maximum Gasteiger partial charge on any atom is 0.0805 e. The molecule has 1 N–H and O–H groups in total. The molecule has 0 fully saturated rings. The molecule has 2 aromatic carbocycles. The van der Waals surface area contributed by atoms with Crippen molar-refractivity contribution >= 4 is 34.0 Å². The molecule has 0 saturated carbocycles. The number of hydrogen-bond donors (Lipinski definition) is 1. The lowest BCUT2D eigenvalue weighted by Gasteiger charge is -2.18. The summed E-state index contributed by atoms with van der Waals surface area (Å²) in [6.45, 7) is 0. The van der Waals surface area contributed by atoms with Gasteiger partial charge in [0.05, 0.1) is 21.8 Å². The van der Waals surface area contributed by atoms with Gasteiger partial charge in [-0.2, -0.15) is 0 Å². The van der Waals surface area contributed by atoms with Crippen LogP contribution in [0.5, 0.6) is 0 Å². The fourth-order valence-electron chi connectivity index (χ4n) is 2.49. The summed E-state index contributed by atoms with van der Waals surface area (Å²) in [7, 11) is 1.90. The zero-order valence-corrected chi connectivity index (χ0v) is 13.0. The average Bonchev–Trinajstić information content (AvgIpc) is 2.50. The Kier molecular flexibility index (Phi) is 4.11. The fraction of sp³-hybridized carbons (Fsp3) is 0.118. The van der Waals surface area contributed by atoms with Crippen LogP contribution in [0.2, 0.25) is 10.0 Å². The molecule has 4 heteroatoms. The van der Waals surface area contributed by atoms with Crippen molar-refractivity contribution in [2.75, 3.05) is 7.05 Å². The van der Waals surface area contributed by atoms with Gasteiger partial charge < -0.3 is 5.32 Å². The van der Waals surface area contributed by atoms with E-state index in [9.17, 15) is 0 Å². The molecule has 0 bridgehead atoms. The summed E-state index contributed by atoms with van der Waals surface area (Å²) < 4.78 is 0. The van der Waals surface area contributed by atoms with E-state index in [1.807, 2.05) is 19.2 Å². The Hall–Kier alpha value is -1.61. The molecule has 0 saturated heterocycles. The van der Waals surface area contributed by atoms with E-state index < -0.39 is 0 Å². The van der Waals surface area contributed by atoms with Crippen molar-refractivity contribution in [3.8, 4) is 0 Å². The smallest absolute Gasteiger partial charge is 0.0805 e. The molecule has 106 valence electrons. The predicted octanol–water partition coefficient (Wildman–Crippen LogP) is 4.85. The van der Waals surface area contributed by atoms with Crippen LogP contribution in [0.25, 0.3) is 10.8 Å². The Morgan fingerprint density at radius 1 is 1.00 bits per heavy atom. The van der Waals surface area contributed by atoms with Crippen molar-refractivity contribution in [2.45, 2.75) is 6.04 Å². The van der Waals surface area contributed by atoms with Crippen molar-refractivity contribution < 1.29 is 0 Å². The molecular weight excluding hydrogens is 303 g/mol. The molecule has 3 rings (SSSR count). The molecule has 0 aliphatic rings. The van der Waals surface area contributed by atoms with Crippen LogP contribution in [0.15, 0.2) is 54.7 Å². The number of fused-ring (bicyclic) bond motifs is 1. The summed E-state index contributed by atoms with van der Waals surface area (Å²) in [5.74, 6) is 0. The fourth-order valence-corrected chi connectivity index (χ4v) is 2.98. The summed E-state index contributed by atoms with van der Waals surface area (Å²) >= 11 is 12.2. The van der Waals surface area contributed by atoms with E-state index in [1.165, 1.54) is 10.8 Å². The zero-order valence-electron chi connectivity index (χ0n) is 11.5. The highest BCUT2D eigenvalue weighted by Crippen LogP contribution is 2.29. The maximum absolute atomic E-state index is 6.28. The summed E-state index contributed by atoms with van der Waals surface area (Å²) in [6, 6.07) is 16.3. The van der Waals surface area contributed by atoms with E-state index in [4.69, 9.17) is 23.2 Å². The maximum atomic E-state index is 6.28. The summed E-state index contributed by atoms with van der Waals surface area (Å²) in [4.78, 5) is 4.38. The predicted molar refractivity (Wildman–Crippen MR) is 89.1 cm³/mol. The molecule has 0 spiro atoms. The molecule has 0 aliphatic carbocycles. The quantitative estimate of drug-likeness (QED) is 0.747. The van der Waals surface area contributed by atoms with Crippen LogP contribution in [-0.2, 0) is 0 Å². The van der Waals surface area contributed by atoms with Gasteiger partial charge in [0, 0.05) is 6.20 Å². The largest absolute Gasteiger partial charge is 0.308 e. The lowest BCUT2D eigenvalue weighted by atomic mass is 9.99. The number of aromatic nitrogens is 1. The zero-order chi connectivity index (χ0) is 14.8. The highest BCUT2D eigenvalue weighted by Gasteiger charge is 2.17. The van der Waals surface area contributed by atoms with Crippen molar-refractivity contribution in [1.82, 2.24) is 10.3 Å². The first-order chi connectivity index (χ1) is 10.2. The van der Waals surface area contributed by atoms with Crippen LogP contribution in [0.4, 0.5) is 0 Å².